The van der Waals surface area contributed by atoms with E-state index >= 15 is 0 Å². The number of urea groups is 1. The van der Waals surface area contributed by atoms with Crippen molar-refractivity contribution in [3.8, 4) is 0 Å². The smallest absolute Gasteiger partial charge is 0.318 e. The molecule has 2 atom stereocenters. The van der Waals surface area contributed by atoms with E-state index < -0.39 is 0 Å². The molecule has 0 unspecified atom stereocenters. The van der Waals surface area contributed by atoms with Gasteiger partial charge in [0.25, 0.3) is 0 Å². The molecule has 2 aromatic rings. The molecule has 0 aliphatic heterocycles. The highest BCUT2D eigenvalue weighted by molar-refractivity contribution is 5.88. The Morgan fingerprint density at radius 3 is 2.52 bits per heavy atom. The summed E-state index contributed by atoms with van der Waals surface area (Å²) >= 11 is 0. The molecule has 0 radical (unpaired) electrons. The van der Waals surface area contributed by atoms with Crippen molar-refractivity contribution in [1.29, 1.82) is 0 Å². The van der Waals surface area contributed by atoms with Gasteiger partial charge in [0.15, 0.2) is 0 Å². The van der Waals surface area contributed by atoms with Crippen molar-refractivity contribution < 1.29 is 9.59 Å². The van der Waals surface area contributed by atoms with Crippen LogP contribution in [0.15, 0.2) is 48.7 Å². The SMILES string of the molecule is CC(=O)Nc1cccc([C@H](C)NC(=O)N(C)[C@H](C)c2ccccn2)c1. The second-order valence-corrected chi connectivity index (χ2v) is 6.02. The highest BCUT2D eigenvalue weighted by atomic mass is 16.2. The van der Waals surface area contributed by atoms with Gasteiger partial charge in [-0.05, 0) is 43.7 Å². The predicted molar refractivity (Wildman–Crippen MR) is 98.1 cm³/mol. The molecule has 0 fully saturated rings. The minimum Gasteiger partial charge on any atom is -0.331 e. The van der Waals surface area contributed by atoms with Gasteiger partial charge >= 0.3 is 6.03 Å². The molecule has 0 bridgehead atoms. The lowest BCUT2D eigenvalue weighted by Gasteiger charge is -2.27. The van der Waals surface area contributed by atoms with Crippen molar-refractivity contribution in [3.05, 3.63) is 59.9 Å². The fourth-order valence-corrected chi connectivity index (χ4v) is 2.46. The molecule has 0 aliphatic rings. The first kappa shape index (κ1) is 18.4. The summed E-state index contributed by atoms with van der Waals surface area (Å²) < 4.78 is 0. The summed E-state index contributed by atoms with van der Waals surface area (Å²) in [6, 6.07) is 12.6. The minimum atomic E-state index is -0.195. The van der Waals surface area contributed by atoms with E-state index in [9.17, 15) is 9.59 Å². The number of nitrogens with zero attached hydrogens (tertiary/aromatic N) is 2. The van der Waals surface area contributed by atoms with E-state index in [-0.39, 0.29) is 24.0 Å². The van der Waals surface area contributed by atoms with Crippen LogP contribution in [0.2, 0.25) is 0 Å². The average Bonchev–Trinajstić information content (AvgIpc) is 2.60. The molecule has 1 heterocycles. The van der Waals surface area contributed by atoms with Crippen molar-refractivity contribution in [2.24, 2.45) is 0 Å². The Morgan fingerprint density at radius 2 is 1.88 bits per heavy atom. The Hall–Kier alpha value is -2.89. The molecule has 0 spiro atoms. The summed E-state index contributed by atoms with van der Waals surface area (Å²) in [7, 11) is 1.75. The third-order valence-corrected chi connectivity index (χ3v) is 4.06. The van der Waals surface area contributed by atoms with Crippen LogP contribution >= 0.6 is 0 Å². The normalized spacial score (nSPS) is 12.8. The number of carbonyl (C=O) groups excluding carboxylic acids is 2. The Morgan fingerprint density at radius 1 is 1.12 bits per heavy atom. The van der Waals surface area contributed by atoms with Crippen LogP contribution in [0.5, 0.6) is 0 Å². The minimum absolute atomic E-state index is 0.127. The van der Waals surface area contributed by atoms with Crippen LogP contribution in [0.3, 0.4) is 0 Å². The third-order valence-electron chi connectivity index (χ3n) is 4.06. The first-order valence-corrected chi connectivity index (χ1v) is 8.20. The lowest BCUT2D eigenvalue weighted by Crippen LogP contribution is -2.40. The third kappa shape index (κ3) is 5.04. The number of hydrogen-bond acceptors (Lipinski definition) is 3. The van der Waals surface area contributed by atoms with E-state index in [0.717, 1.165) is 11.3 Å². The second kappa shape index (κ2) is 8.28. The summed E-state index contributed by atoms with van der Waals surface area (Å²) in [6.45, 7) is 5.31. The Bertz CT molecular complexity index is 733. The van der Waals surface area contributed by atoms with Crippen LogP contribution in [0.4, 0.5) is 10.5 Å². The molecule has 132 valence electrons. The monoisotopic (exact) mass is 340 g/mol. The number of anilines is 1. The van der Waals surface area contributed by atoms with E-state index in [2.05, 4.69) is 15.6 Å². The number of carbonyl (C=O) groups is 2. The lowest BCUT2D eigenvalue weighted by molar-refractivity contribution is -0.114. The number of aromatic nitrogens is 1. The highest BCUT2D eigenvalue weighted by Crippen LogP contribution is 2.20. The predicted octanol–water partition coefficient (Wildman–Crippen LogP) is 3.50. The van der Waals surface area contributed by atoms with Gasteiger partial charge in [0.05, 0.1) is 17.8 Å². The first-order valence-electron chi connectivity index (χ1n) is 8.20. The van der Waals surface area contributed by atoms with Crippen molar-refractivity contribution in [3.63, 3.8) is 0 Å². The molecule has 6 nitrogen and oxygen atoms in total. The number of nitrogens with one attached hydrogen (secondary N) is 2. The number of pyridine rings is 1. The Balaban J connectivity index is 2.03. The van der Waals surface area contributed by atoms with Gasteiger partial charge in [-0.1, -0.05) is 18.2 Å². The molecule has 0 saturated carbocycles. The molecular weight excluding hydrogens is 316 g/mol. The van der Waals surface area contributed by atoms with Crippen LogP contribution in [0, 0.1) is 0 Å². The second-order valence-electron chi connectivity index (χ2n) is 6.02. The fraction of sp³-hybridized carbons (Fsp3) is 0.316. The number of hydrogen-bond donors (Lipinski definition) is 2. The van der Waals surface area contributed by atoms with E-state index in [1.54, 1.807) is 18.1 Å². The zero-order valence-corrected chi connectivity index (χ0v) is 15.0. The van der Waals surface area contributed by atoms with Crippen molar-refractivity contribution in [1.82, 2.24) is 15.2 Å². The molecule has 1 aromatic carbocycles. The molecule has 0 aliphatic carbocycles. The maximum Gasteiger partial charge on any atom is 0.318 e. The van der Waals surface area contributed by atoms with Gasteiger partial charge in [0.2, 0.25) is 5.91 Å². The molecule has 2 N–H and O–H groups in total. The van der Waals surface area contributed by atoms with Gasteiger partial charge in [0.1, 0.15) is 0 Å². The number of benzene rings is 1. The Labute approximate surface area is 148 Å². The molecule has 0 saturated heterocycles. The summed E-state index contributed by atoms with van der Waals surface area (Å²) in [5.41, 5.74) is 2.46. The molecule has 6 heteroatoms. The first-order chi connectivity index (χ1) is 11.9. The van der Waals surface area contributed by atoms with E-state index in [1.807, 2.05) is 56.3 Å². The van der Waals surface area contributed by atoms with Crippen molar-refractivity contribution in [2.45, 2.75) is 32.9 Å². The standard InChI is InChI=1S/C19H24N4O2/c1-13(16-8-7-9-17(12-16)22-15(3)24)21-19(25)23(4)14(2)18-10-5-6-11-20-18/h5-14H,1-4H3,(H,21,25)(H,22,24)/t13-,14+/m0/s1. The lowest BCUT2D eigenvalue weighted by atomic mass is 10.1. The maximum absolute atomic E-state index is 12.5. The molecule has 25 heavy (non-hydrogen) atoms. The van der Waals surface area contributed by atoms with Gasteiger partial charge in [-0.15, -0.1) is 0 Å². The van der Waals surface area contributed by atoms with Crippen LogP contribution in [-0.2, 0) is 4.79 Å². The van der Waals surface area contributed by atoms with Gasteiger partial charge in [0, 0.05) is 25.9 Å². The average molecular weight is 340 g/mol. The van der Waals surface area contributed by atoms with Crippen LogP contribution in [-0.4, -0.2) is 28.9 Å². The summed E-state index contributed by atoms with van der Waals surface area (Å²) in [4.78, 5) is 29.6. The van der Waals surface area contributed by atoms with E-state index in [0.29, 0.717) is 5.69 Å². The van der Waals surface area contributed by atoms with Crippen LogP contribution in [0.25, 0.3) is 0 Å². The summed E-state index contributed by atoms with van der Waals surface area (Å²) in [5.74, 6) is -0.127. The van der Waals surface area contributed by atoms with Gasteiger partial charge in [-0.2, -0.15) is 0 Å². The van der Waals surface area contributed by atoms with Crippen molar-refractivity contribution >= 4 is 17.6 Å². The topological polar surface area (TPSA) is 74.3 Å². The molecular formula is C19H24N4O2. The quantitative estimate of drug-likeness (QED) is 0.875. The summed E-state index contributed by atoms with van der Waals surface area (Å²) in [6.07, 6.45) is 1.72. The Kier molecular flexibility index (Phi) is 6.11. The highest BCUT2D eigenvalue weighted by Gasteiger charge is 2.20. The zero-order chi connectivity index (χ0) is 18.4. The van der Waals surface area contributed by atoms with E-state index in [1.165, 1.54) is 6.92 Å². The largest absolute Gasteiger partial charge is 0.331 e. The molecule has 2 rings (SSSR count). The van der Waals surface area contributed by atoms with E-state index in [4.69, 9.17) is 0 Å². The molecule has 1 aromatic heterocycles. The molecule has 3 amide bonds. The van der Waals surface area contributed by atoms with Crippen LogP contribution < -0.4 is 10.6 Å². The number of rotatable bonds is 5. The van der Waals surface area contributed by atoms with Crippen molar-refractivity contribution in [2.75, 3.05) is 12.4 Å². The summed E-state index contributed by atoms with van der Waals surface area (Å²) in [5, 5.41) is 5.72. The maximum atomic E-state index is 12.5. The van der Waals surface area contributed by atoms with Crippen LogP contribution in [0.1, 0.15) is 44.1 Å². The van der Waals surface area contributed by atoms with Gasteiger partial charge in [-0.25, -0.2) is 4.79 Å². The van der Waals surface area contributed by atoms with Gasteiger partial charge < -0.3 is 15.5 Å². The number of amides is 3. The fourth-order valence-electron chi connectivity index (χ4n) is 2.46. The van der Waals surface area contributed by atoms with Gasteiger partial charge in [-0.3, -0.25) is 9.78 Å². The zero-order valence-electron chi connectivity index (χ0n) is 15.0.